The van der Waals surface area contributed by atoms with Crippen molar-refractivity contribution in [2.45, 2.75) is 6.92 Å². The highest BCUT2D eigenvalue weighted by Gasteiger charge is 2.29. The number of nitrogens with one attached hydrogen (secondary N) is 1. The lowest BCUT2D eigenvalue weighted by Gasteiger charge is -2.19. The molecule has 0 spiro atoms. The summed E-state index contributed by atoms with van der Waals surface area (Å²) in [5.41, 5.74) is 0.989. The van der Waals surface area contributed by atoms with E-state index in [4.69, 9.17) is 5.11 Å². The fourth-order valence-electron chi connectivity index (χ4n) is 1.88. The maximum absolute atomic E-state index is 12.1. The standard InChI is InChI=1S/C13H11NO4/c1-7-11(14-6-10(15)16)13(18)9-5-3-2-4-8(9)12(7)17/h2-5,14H,6H2,1H3,(H,15,16). The highest BCUT2D eigenvalue weighted by Crippen LogP contribution is 2.24. The van der Waals surface area contributed by atoms with E-state index < -0.39 is 12.5 Å². The van der Waals surface area contributed by atoms with E-state index in [1.165, 1.54) is 6.92 Å². The quantitative estimate of drug-likeness (QED) is 0.830. The van der Waals surface area contributed by atoms with Crippen LogP contribution in [0.1, 0.15) is 27.6 Å². The van der Waals surface area contributed by atoms with Gasteiger partial charge in [-0.2, -0.15) is 0 Å². The van der Waals surface area contributed by atoms with Crippen molar-refractivity contribution in [1.29, 1.82) is 0 Å². The Labute approximate surface area is 103 Å². The van der Waals surface area contributed by atoms with Crippen molar-refractivity contribution in [2.24, 2.45) is 0 Å². The van der Waals surface area contributed by atoms with Gasteiger partial charge in [0.05, 0.1) is 5.70 Å². The van der Waals surface area contributed by atoms with Gasteiger partial charge in [-0.25, -0.2) is 0 Å². The molecule has 1 aliphatic rings. The zero-order chi connectivity index (χ0) is 13.3. The first kappa shape index (κ1) is 12.0. The molecule has 0 radical (unpaired) electrons. The second-order valence-corrected chi connectivity index (χ2v) is 3.95. The minimum atomic E-state index is -1.09. The normalized spacial score (nSPS) is 14.5. The van der Waals surface area contributed by atoms with Crippen molar-refractivity contribution >= 4 is 17.5 Å². The number of carbonyl (C=O) groups is 3. The maximum Gasteiger partial charge on any atom is 0.322 e. The molecule has 1 aliphatic carbocycles. The van der Waals surface area contributed by atoms with Crippen LogP contribution in [-0.2, 0) is 4.79 Å². The molecule has 0 bridgehead atoms. The maximum atomic E-state index is 12.1. The molecule has 5 nitrogen and oxygen atoms in total. The lowest BCUT2D eigenvalue weighted by molar-refractivity contribution is -0.135. The van der Waals surface area contributed by atoms with Crippen LogP contribution in [-0.4, -0.2) is 29.2 Å². The van der Waals surface area contributed by atoms with Crippen LogP contribution in [0.4, 0.5) is 0 Å². The molecule has 0 heterocycles. The van der Waals surface area contributed by atoms with Gasteiger partial charge in [-0.3, -0.25) is 14.4 Å². The van der Waals surface area contributed by atoms with Gasteiger partial charge in [0.25, 0.3) is 0 Å². The first-order valence-electron chi connectivity index (χ1n) is 5.37. The number of hydrogen-bond donors (Lipinski definition) is 2. The molecular formula is C13H11NO4. The summed E-state index contributed by atoms with van der Waals surface area (Å²) in [6.45, 7) is 1.12. The van der Waals surface area contributed by atoms with E-state index in [2.05, 4.69) is 5.32 Å². The average Bonchev–Trinajstić information content (AvgIpc) is 2.36. The van der Waals surface area contributed by atoms with Crippen LogP contribution in [0.15, 0.2) is 35.5 Å². The Kier molecular flexibility index (Phi) is 2.97. The predicted octanol–water partition coefficient (Wildman–Crippen LogP) is 1.01. The van der Waals surface area contributed by atoms with Gasteiger partial charge < -0.3 is 10.4 Å². The minimum Gasteiger partial charge on any atom is -0.480 e. The second-order valence-electron chi connectivity index (χ2n) is 3.95. The Bertz CT molecular complexity index is 586. The third-order valence-corrected chi connectivity index (χ3v) is 2.78. The molecule has 2 N–H and O–H groups in total. The summed E-state index contributed by atoms with van der Waals surface area (Å²) >= 11 is 0. The molecule has 0 amide bonds. The van der Waals surface area contributed by atoms with Crippen molar-refractivity contribution in [2.75, 3.05) is 6.54 Å². The Morgan fingerprint density at radius 2 is 1.72 bits per heavy atom. The monoisotopic (exact) mass is 245 g/mol. The topological polar surface area (TPSA) is 83.5 Å². The molecule has 18 heavy (non-hydrogen) atoms. The van der Waals surface area contributed by atoms with Gasteiger partial charge in [0.2, 0.25) is 5.78 Å². The lowest BCUT2D eigenvalue weighted by Crippen LogP contribution is -2.32. The summed E-state index contributed by atoms with van der Waals surface area (Å²) in [6, 6.07) is 6.50. The largest absolute Gasteiger partial charge is 0.480 e. The molecule has 92 valence electrons. The van der Waals surface area contributed by atoms with Gasteiger partial charge in [0, 0.05) is 16.7 Å². The van der Waals surface area contributed by atoms with Crippen LogP contribution >= 0.6 is 0 Å². The van der Waals surface area contributed by atoms with E-state index in [0.717, 1.165) is 0 Å². The number of carboxylic acids is 1. The lowest BCUT2D eigenvalue weighted by atomic mass is 9.88. The van der Waals surface area contributed by atoms with E-state index in [1.807, 2.05) is 0 Å². The zero-order valence-corrected chi connectivity index (χ0v) is 9.69. The first-order chi connectivity index (χ1) is 8.52. The summed E-state index contributed by atoms with van der Waals surface area (Å²) in [7, 11) is 0. The molecule has 1 aromatic rings. The number of Topliss-reactive ketones (excluding diaryl/α,β-unsaturated/α-hetero) is 2. The molecular weight excluding hydrogens is 234 g/mol. The number of hydrogen-bond acceptors (Lipinski definition) is 4. The van der Waals surface area contributed by atoms with Gasteiger partial charge in [0.15, 0.2) is 5.78 Å². The SMILES string of the molecule is CC1=C(NCC(=O)O)C(=O)c2ccccc2C1=O. The summed E-state index contributed by atoms with van der Waals surface area (Å²) in [5, 5.41) is 11.1. The molecule has 1 aromatic carbocycles. The number of carbonyl (C=O) groups excluding carboxylic acids is 2. The van der Waals surface area contributed by atoms with E-state index in [1.54, 1.807) is 24.3 Å². The van der Waals surface area contributed by atoms with Gasteiger partial charge in [-0.15, -0.1) is 0 Å². The van der Waals surface area contributed by atoms with Crippen molar-refractivity contribution < 1.29 is 19.5 Å². The fraction of sp³-hybridized carbons (Fsp3) is 0.154. The predicted molar refractivity (Wildman–Crippen MR) is 63.4 cm³/mol. The molecule has 0 atom stereocenters. The first-order valence-corrected chi connectivity index (χ1v) is 5.37. The van der Waals surface area contributed by atoms with Crippen molar-refractivity contribution in [3.63, 3.8) is 0 Å². The van der Waals surface area contributed by atoms with Gasteiger partial charge in [-0.1, -0.05) is 24.3 Å². The zero-order valence-electron chi connectivity index (χ0n) is 9.69. The highest BCUT2D eigenvalue weighted by molar-refractivity contribution is 6.26. The number of ketones is 2. The number of allylic oxidation sites excluding steroid dienone is 2. The van der Waals surface area contributed by atoms with Crippen LogP contribution < -0.4 is 5.32 Å². The van der Waals surface area contributed by atoms with E-state index in [0.29, 0.717) is 11.1 Å². The van der Waals surface area contributed by atoms with Crippen molar-refractivity contribution in [1.82, 2.24) is 5.32 Å². The highest BCUT2D eigenvalue weighted by atomic mass is 16.4. The molecule has 0 aromatic heterocycles. The molecule has 5 heteroatoms. The Hall–Kier alpha value is -2.43. The van der Waals surface area contributed by atoms with Crippen LogP contribution in [0, 0.1) is 0 Å². The summed E-state index contributed by atoms with van der Waals surface area (Å²) in [4.78, 5) is 34.6. The number of benzene rings is 1. The number of rotatable bonds is 3. The number of fused-ring (bicyclic) bond motifs is 1. The molecule has 2 rings (SSSR count). The van der Waals surface area contributed by atoms with Crippen LogP contribution in [0.3, 0.4) is 0 Å². The van der Waals surface area contributed by atoms with Crippen molar-refractivity contribution in [3.05, 3.63) is 46.7 Å². The summed E-state index contributed by atoms with van der Waals surface area (Å²) in [5.74, 6) is -1.68. The van der Waals surface area contributed by atoms with Crippen molar-refractivity contribution in [3.8, 4) is 0 Å². The van der Waals surface area contributed by atoms with Gasteiger partial charge in [0.1, 0.15) is 6.54 Å². The second kappa shape index (κ2) is 4.44. The Morgan fingerprint density at radius 3 is 2.28 bits per heavy atom. The fourth-order valence-corrected chi connectivity index (χ4v) is 1.88. The number of aliphatic carboxylic acids is 1. The number of carboxylic acid groups (broad SMARTS) is 1. The van der Waals surface area contributed by atoms with E-state index >= 15 is 0 Å². The molecule has 0 unspecified atom stereocenters. The molecule has 0 saturated heterocycles. The summed E-state index contributed by atoms with van der Waals surface area (Å²) < 4.78 is 0. The molecule has 0 saturated carbocycles. The Balaban J connectivity index is 2.43. The summed E-state index contributed by atoms with van der Waals surface area (Å²) in [6.07, 6.45) is 0. The van der Waals surface area contributed by atoms with Crippen LogP contribution in [0.5, 0.6) is 0 Å². The Morgan fingerprint density at radius 1 is 1.17 bits per heavy atom. The minimum absolute atomic E-state index is 0.0705. The van der Waals surface area contributed by atoms with Gasteiger partial charge in [-0.05, 0) is 6.92 Å². The molecule has 0 aliphatic heterocycles. The average molecular weight is 245 g/mol. The van der Waals surface area contributed by atoms with Crippen LogP contribution in [0.2, 0.25) is 0 Å². The van der Waals surface area contributed by atoms with Gasteiger partial charge >= 0.3 is 5.97 Å². The van der Waals surface area contributed by atoms with E-state index in [-0.39, 0.29) is 22.8 Å². The third kappa shape index (κ3) is 1.90. The smallest absolute Gasteiger partial charge is 0.322 e. The van der Waals surface area contributed by atoms with Crippen LogP contribution in [0.25, 0.3) is 0 Å². The van der Waals surface area contributed by atoms with E-state index in [9.17, 15) is 14.4 Å². The third-order valence-electron chi connectivity index (χ3n) is 2.78. The molecule has 0 fully saturated rings.